The van der Waals surface area contributed by atoms with E-state index in [1.54, 1.807) is 0 Å². The Labute approximate surface area is 127 Å². The van der Waals surface area contributed by atoms with Gasteiger partial charge < -0.3 is 10.1 Å². The van der Waals surface area contributed by atoms with Gasteiger partial charge in [0.25, 0.3) is 0 Å². The Morgan fingerprint density at radius 2 is 1.90 bits per heavy atom. The first-order valence-electron chi connectivity index (χ1n) is 8.03. The van der Waals surface area contributed by atoms with Crippen molar-refractivity contribution >= 4 is 11.3 Å². The molecule has 0 bridgehead atoms. The molecule has 0 saturated heterocycles. The molecule has 3 nitrogen and oxygen atoms in total. The largest absolute Gasteiger partial charge is 0.368 e. The summed E-state index contributed by atoms with van der Waals surface area (Å²) in [5, 5.41) is 4.62. The zero-order valence-electron chi connectivity index (χ0n) is 13.1. The van der Waals surface area contributed by atoms with Crippen LogP contribution in [-0.4, -0.2) is 18.1 Å². The van der Waals surface area contributed by atoms with Crippen LogP contribution < -0.4 is 5.32 Å². The summed E-state index contributed by atoms with van der Waals surface area (Å²) >= 11 is 1.86. The SMILES string of the molecule is CCNCc1sc(C2(OCC)CCCCCC2)nc1C. The Hall–Kier alpha value is -0.450. The number of thiazole rings is 1. The Morgan fingerprint density at radius 1 is 1.20 bits per heavy atom. The van der Waals surface area contributed by atoms with Gasteiger partial charge in [-0.05, 0) is 33.2 Å². The van der Waals surface area contributed by atoms with Crippen molar-refractivity contribution in [2.24, 2.45) is 0 Å². The van der Waals surface area contributed by atoms with Crippen molar-refractivity contribution in [1.29, 1.82) is 0 Å². The van der Waals surface area contributed by atoms with Gasteiger partial charge in [0.1, 0.15) is 10.6 Å². The molecule has 0 atom stereocenters. The molecule has 1 aromatic rings. The molecule has 1 aliphatic carbocycles. The van der Waals surface area contributed by atoms with Gasteiger partial charge in [0.15, 0.2) is 0 Å². The van der Waals surface area contributed by atoms with Crippen LogP contribution in [0.1, 0.15) is 68.0 Å². The minimum atomic E-state index is -0.106. The van der Waals surface area contributed by atoms with E-state index in [4.69, 9.17) is 9.72 Å². The second-order valence-corrected chi connectivity index (χ2v) is 6.73. The van der Waals surface area contributed by atoms with Gasteiger partial charge in [-0.25, -0.2) is 4.98 Å². The molecule has 0 unspecified atom stereocenters. The molecule has 20 heavy (non-hydrogen) atoms. The van der Waals surface area contributed by atoms with Crippen molar-refractivity contribution in [1.82, 2.24) is 10.3 Å². The van der Waals surface area contributed by atoms with E-state index in [9.17, 15) is 0 Å². The fraction of sp³-hybridized carbons (Fsp3) is 0.812. The quantitative estimate of drug-likeness (QED) is 0.801. The van der Waals surface area contributed by atoms with Gasteiger partial charge in [0, 0.05) is 18.0 Å². The molecule has 4 heteroatoms. The van der Waals surface area contributed by atoms with Crippen molar-refractivity contribution in [2.45, 2.75) is 71.4 Å². The monoisotopic (exact) mass is 296 g/mol. The van der Waals surface area contributed by atoms with Crippen molar-refractivity contribution in [3.63, 3.8) is 0 Å². The van der Waals surface area contributed by atoms with E-state index in [2.05, 4.69) is 26.1 Å². The van der Waals surface area contributed by atoms with Crippen LogP contribution in [0.4, 0.5) is 0 Å². The van der Waals surface area contributed by atoms with Gasteiger partial charge in [-0.1, -0.05) is 32.6 Å². The lowest BCUT2D eigenvalue weighted by Gasteiger charge is -2.30. The molecule has 1 fully saturated rings. The van der Waals surface area contributed by atoms with Crippen LogP contribution in [0.15, 0.2) is 0 Å². The van der Waals surface area contributed by atoms with Crippen molar-refractivity contribution < 1.29 is 4.74 Å². The maximum atomic E-state index is 6.24. The molecular formula is C16H28N2OS. The lowest BCUT2D eigenvalue weighted by Crippen LogP contribution is -2.29. The lowest BCUT2D eigenvalue weighted by atomic mass is 9.95. The molecule has 1 aromatic heterocycles. The van der Waals surface area contributed by atoms with Gasteiger partial charge in [0.2, 0.25) is 0 Å². The standard InChI is InChI=1S/C16H28N2OS/c1-4-17-12-14-13(3)18-15(20-14)16(19-5-2)10-8-6-7-9-11-16/h17H,4-12H2,1-3H3. The molecule has 0 amide bonds. The van der Waals surface area contributed by atoms with Gasteiger partial charge in [-0.2, -0.15) is 0 Å². The summed E-state index contributed by atoms with van der Waals surface area (Å²) in [6.07, 6.45) is 7.47. The third-order valence-electron chi connectivity index (χ3n) is 4.15. The molecule has 0 radical (unpaired) electrons. The molecular weight excluding hydrogens is 268 g/mol. The summed E-state index contributed by atoms with van der Waals surface area (Å²) in [6.45, 7) is 9.09. The Kier molecular flexibility index (Phi) is 6.00. The fourth-order valence-corrected chi connectivity index (χ4v) is 4.25. The summed E-state index contributed by atoms with van der Waals surface area (Å²) in [4.78, 5) is 6.24. The molecule has 0 aromatic carbocycles. The fourth-order valence-electron chi connectivity index (χ4n) is 3.02. The lowest BCUT2D eigenvalue weighted by molar-refractivity contribution is -0.0560. The van der Waals surface area contributed by atoms with E-state index >= 15 is 0 Å². The number of nitrogens with one attached hydrogen (secondary N) is 1. The number of hydrogen-bond donors (Lipinski definition) is 1. The molecule has 1 N–H and O–H groups in total. The second kappa shape index (κ2) is 7.53. The third kappa shape index (κ3) is 3.60. The normalized spacial score (nSPS) is 18.9. The predicted molar refractivity (Wildman–Crippen MR) is 85.2 cm³/mol. The van der Waals surface area contributed by atoms with E-state index in [1.807, 2.05) is 11.3 Å². The molecule has 1 saturated carbocycles. The second-order valence-electron chi connectivity index (χ2n) is 5.65. The van der Waals surface area contributed by atoms with E-state index < -0.39 is 0 Å². The van der Waals surface area contributed by atoms with Gasteiger partial charge >= 0.3 is 0 Å². The van der Waals surface area contributed by atoms with Gasteiger partial charge in [0.05, 0.1) is 5.69 Å². The van der Waals surface area contributed by atoms with Crippen LogP contribution >= 0.6 is 11.3 Å². The summed E-state index contributed by atoms with van der Waals surface area (Å²) in [5.41, 5.74) is 1.07. The number of nitrogens with zero attached hydrogens (tertiary/aromatic N) is 1. The van der Waals surface area contributed by atoms with Crippen LogP contribution in [-0.2, 0) is 16.9 Å². The Bertz CT molecular complexity index is 409. The van der Waals surface area contributed by atoms with Crippen molar-refractivity contribution in [3.05, 3.63) is 15.6 Å². The molecule has 2 rings (SSSR count). The van der Waals surface area contributed by atoms with E-state index in [-0.39, 0.29) is 5.60 Å². The molecule has 0 spiro atoms. The summed E-state index contributed by atoms with van der Waals surface area (Å²) in [7, 11) is 0. The van der Waals surface area contributed by atoms with Crippen molar-refractivity contribution in [3.8, 4) is 0 Å². The van der Waals surface area contributed by atoms with Crippen LogP contribution in [0.2, 0.25) is 0 Å². The van der Waals surface area contributed by atoms with Crippen LogP contribution in [0, 0.1) is 6.92 Å². The maximum Gasteiger partial charge on any atom is 0.125 e. The number of hydrogen-bond acceptors (Lipinski definition) is 4. The van der Waals surface area contributed by atoms with Gasteiger partial charge in [-0.15, -0.1) is 11.3 Å². The highest BCUT2D eigenvalue weighted by Gasteiger charge is 2.36. The van der Waals surface area contributed by atoms with Crippen molar-refractivity contribution in [2.75, 3.05) is 13.2 Å². The number of aromatic nitrogens is 1. The summed E-state index contributed by atoms with van der Waals surface area (Å²) < 4.78 is 6.24. The maximum absolute atomic E-state index is 6.24. The van der Waals surface area contributed by atoms with Crippen LogP contribution in [0.3, 0.4) is 0 Å². The number of ether oxygens (including phenoxy) is 1. The Morgan fingerprint density at radius 3 is 2.50 bits per heavy atom. The Balaban J connectivity index is 2.24. The first-order valence-corrected chi connectivity index (χ1v) is 8.85. The van der Waals surface area contributed by atoms with Gasteiger partial charge in [-0.3, -0.25) is 0 Å². The summed E-state index contributed by atoms with van der Waals surface area (Å²) in [6, 6.07) is 0. The average molecular weight is 296 g/mol. The minimum absolute atomic E-state index is 0.106. The molecule has 114 valence electrons. The number of aryl methyl sites for hydroxylation is 1. The average Bonchev–Trinajstić information content (AvgIpc) is 2.66. The highest BCUT2D eigenvalue weighted by Crippen LogP contribution is 2.41. The summed E-state index contributed by atoms with van der Waals surface area (Å²) in [5.74, 6) is 0. The van der Waals surface area contributed by atoms with E-state index in [0.29, 0.717) is 0 Å². The number of rotatable bonds is 6. The topological polar surface area (TPSA) is 34.1 Å². The van der Waals surface area contributed by atoms with E-state index in [1.165, 1.54) is 41.3 Å². The predicted octanol–water partition coefficient (Wildman–Crippen LogP) is 4.15. The minimum Gasteiger partial charge on any atom is -0.368 e. The highest BCUT2D eigenvalue weighted by molar-refractivity contribution is 7.11. The first-order chi connectivity index (χ1) is 9.72. The zero-order chi connectivity index (χ0) is 14.4. The third-order valence-corrected chi connectivity index (χ3v) is 5.49. The van der Waals surface area contributed by atoms with Crippen LogP contribution in [0.5, 0.6) is 0 Å². The molecule has 0 aliphatic heterocycles. The molecule has 1 aliphatic rings. The van der Waals surface area contributed by atoms with Crippen LogP contribution in [0.25, 0.3) is 0 Å². The smallest absolute Gasteiger partial charge is 0.125 e. The molecule has 1 heterocycles. The highest BCUT2D eigenvalue weighted by atomic mass is 32.1. The first kappa shape index (κ1) is 15.9. The zero-order valence-corrected chi connectivity index (χ0v) is 13.9. The van der Waals surface area contributed by atoms with E-state index in [0.717, 1.165) is 32.5 Å².